The van der Waals surface area contributed by atoms with E-state index in [-0.39, 0.29) is 12.0 Å². The van der Waals surface area contributed by atoms with Gasteiger partial charge in [-0.1, -0.05) is 19.3 Å². The number of carbonyl (C=O) groups excluding carboxylic acids is 1. The van der Waals surface area contributed by atoms with Crippen molar-refractivity contribution in [1.29, 1.82) is 0 Å². The molecule has 1 amide bonds. The van der Waals surface area contributed by atoms with Gasteiger partial charge in [0, 0.05) is 13.2 Å². The number of hydrogen-bond donors (Lipinski definition) is 1. The van der Waals surface area contributed by atoms with Crippen LogP contribution in [-0.2, 0) is 14.3 Å². The first-order valence-corrected chi connectivity index (χ1v) is 7.32. The minimum Gasteiger partial charge on any atom is -0.480 e. The van der Waals surface area contributed by atoms with Gasteiger partial charge >= 0.3 is 5.97 Å². The van der Waals surface area contributed by atoms with E-state index in [1.807, 2.05) is 0 Å². The molecule has 1 N–H and O–H groups in total. The predicted molar refractivity (Wildman–Crippen MR) is 69.8 cm³/mol. The van der Waals surface area contributed by atoms with Gasteiger partial charge in [-0.2, -0.15) is 0 Å². The van der Waals surface area contributed by atoms with E-state index in [1.54, 1.807) is 4.90 Å². The van der Waals surface area contributed by atoms with Gasteiger partial charge in [0.15, 0.2) is 0 Å². The van der Waals surface area contributed by atoms with E-state index in [0.29, 0.717) is 19.4 Å². The number of likely N-dealkylation sites (tertiary alicyclic amines) is 1. The average Bonchev–Trinajstić information content (AvgIpc) is 2.80. The van der Waals surface area contributed by atoms with Crippen molar-refractivity contribution in [2.24, 2.45) is 0 Å². The molecular weight excluding hydrogens is 246 g/mol. The summed E-state index contributed by atoms with van der Waals surface area (Å²) in [5.41, 5.74) is 0. The van der Waals surface area contributed by atoms with E-state index in [0.717, 1.165) is 45.1 Å². The zero-order valence-corrected chi connectivity index (χ0v) is 11.3. The summed E-state index contributed by atoms with van der Waals surface area (Å²) in [7, 11) is 0. The molecule has 0 aromatic rings. The SMILES string of the molecule is O=C(O)C1CCCCCCN1C(=O)CC1CCCO1. The molecule has 19 heavy (non-hydrogen) atoms. The standard InChI is InChI=1S/C14H23NO4/c16-13(10-11-6-5-9-19-11)15-8-4-2-1-3-7-12(15)14(17)18/h11-12H,1-10H2,(H,17,18). The minimum absolute atomic E-state index is 0.00705. The van der Waals surface area contributed by atoms with Crippen LogP contribution in [0.5, 0.6) is 0 Å². The van der Waals surface area contributed by atoms with Crippen LogP contribution in [0.25, 0.3) is 0 Å². The van der Waals surface area contributed by atoms with E-state index < -0.39 is 12.0 Å². The molecular formula is C14H23NO4. The molecule has 2 aliphatic rings. The summed E-state index contributed by atoms with van der Waals surface area (Å²) < 4.78 is 5.47. The lowest BCUT2D eigenvalue weighted by molar-refractivity contribution is -0.152. The number of carbonyl (C=O) groups is 2. The van der Waals surface area contributed by atoms with Gasteiger partial charge in [-0.15, -0.1) is 0 Å². The van der Waals surface area contributed by atoms with Gasteiger partial charge in [0.25, 0.3) is 0 Å². The number of carboxylic acid groups (broad SMARTS) is 1. The minimum atomic E-state index is -0.873. The number of aliphatic carboxylic acids is 1. The molecule has 2 rings (SSSR count). The van der Waals surface area contributed by atoms with E-state index in [1.165, 1.54) is 0 Å². The molecule has 2 atom stereocenters. The molecule has 2 unspecified atom stereocenters. The van der Waals surface area contributed by atoms with Gasteiger partial charge in [-0.3, -0.25) is 4.79 Å². The third kappa shape index (κ3) is 3.93. The fraction of sp³-hybridized carbons (Fsp3) is 0.857. The number of ether oxygens (including phenoxy) is 1. The van der Waals surface area contributed by atoms with Crippen LogP contribution in [0.4, 0.5) is 0 Å². The van der Waals surface area contributed by atoms with Crippen molar-refractivity contribution in [1.82, 2.24) is 4.90 Å². The highest BCUT2D eigenvalue weighted by atomic mass is 16.5. The Labute approximate surface area is 113 Å². The van der Waals surface area contributed by atoms with Crippen LogP contribution in [0.2, 0.25) is 0 Å². The molecule has 0 aromatic carbocycles. The van der Waals surface area contributed by atoms with Gasteiger partial charge in [-0.05, 0) is 25.7 Å². The van der Waals surface area contributed by atoms with Crippen molar-refractivity contribution in [2.75, 3.05) is 13.2 Å². The number of nitrogens with zero attached hydrogens (tertiary/aromatic N) is 1. The van der Waals surface area contributed by atoms with Crippen molar-refractivity contribution in [2.45, 2.75) is 63.5 Å². The Kier molecular flexibility index (Phi) is 5.19. The van der Waals surface area contributed by atoms with Gasteiger partial charge in [0.2, 0.25) is 5.91 Å². The van der Waals surface area contributed by atoms with Crippen molar-refractivity contribution < 1.29 is 19.4 Å². The average molecular weight is 269 g/mol. The second-order valence-electron chi connectivity index (χ2n) is 5.48. The molecule has 2 heterocycles. The highest BCUT2D eigenvalue weighted by Gasteiger charge is 2.31. The van der Waals surface area contributed by atoms with Crippen molar-refractivity contribution >= 4 is 11.9 Å². The van der Waals surface area contributed by atoms with Crippen LogP contribution >= 0.6 is 0 Å². The fourth-order valence-electron chi connectivity index (χ4n) is 2.96. The van der Waals surface area contributed by atoms with E-state index >= 15 is 0 Å². The molecule has 5 heteroatoms. The van der Waals surface area contributed by atoms with Gasteiger partial charge < -0.3 is 14.7 Å². The first kappa shape index (κ1) is 14.3. The Balaban J connectivity index is 1.98. The number of carboxylic acids is 1. The normalized spacial score (nSPS) is 28.7. The monoisotopic (exact) mass is 269 g/mol. The quantitative estimate of drug-likeness (QED) is 0.848. The number of hydrogen-bond acceptors (Lipinski definition) is 3. The molecule has 2 aliphatic heterocycles. The highest BCUT2D eigenvalue weighted by molar-refractivity contribution is 5.84. The van der Waals surface area contributed by atoms with Crippen LogP contribution < -0.4 is 0 Å². The summed E-state index contributed by atoms with van der Waals surface area (Å²) >= 11 is 0. The Hall–Kier alpha value is -1.10. The van der Waals surface area contributed by atoms with Gasteiger partial charge in [-0.25, -0.2) is 4.79 Å². The molecule has 2 saturated heterocycles. The number of rotatable bonds is 3. The Morgan fingerprint density at radius 1 is 1.11 bits per heavy atom. The molecule has 5 nitrogen and oxygen atoms in total. The summed E-state index contributed by atoms with van der Waals surface area (Å²) in [6.45, 7) is 1.29. The van der Waals surface area contributed by atoms with Crippen molar-refractivity contribution in [3.8, 4) is 0 Å². The van der Waals surface area contributed by atoms with E-state index in [9.17, 15) is 14.7 Å². The summed E-state index contributed by atoms with van der Waals surface area (Å²) in [4.78, 5) is 25.2. The first-order chi connectivity index (χ1) is 9.18. The summed E-state index contributed by atoms with van der Waals surface area (Å²) in [6, 6.07) is -0.644. The zero-order valence-electron chi connectivity index (χ0n) is 11.3. The van der Waals surface area contributed by atoms with Crippen LogP contribution in [-0.4, -0.2) is 47.2 Å². The van der Waals surface area contributed by atoms with Crippen LogP contribution in [0.15, 0.2) is 0 Å². The third-order valence-electron chi connectivity index (χ3n) is 4.03. The number of amides is 1. The Morgan fingerprint density at radius 2 is 1.89 bits per heavy atom. The molecule has 0 spiro atoms. The van der Waals surface area contributed by atoms with Crippen LogP contribution in [0.1, 0.15) is 51.4 Å². The smallest absolute Gasteiger partial charge is 0.326 e. The third-order valence-corrected chi connectivity index (χ3v) is 4.03. The lowest BCUT2D eigenvalue weighted by atomic mass is 10.0. The molecule has 0 saturated carbocycles. The summed E-state index contributed by atoms with van der Waals surface area (Å²) in [6.07, 6.45) is 6.76. The Morgan fingerprint density at radius 3 is 2.58 bits per heavy atom. The maximum absolute atomic E-state index is 12.3. The van der Waals surface area contributed by atoms with Crippen LogP contribution in [0, 0.1) is 0 Å². The molecule has 0 radical (unpaired) electrons. The zero-order chi connectivity index (χ0) is 13.7. The van der Waals surface area contributed by atoms with Crippen molar-refractivity contribution in [3.05, 3.63) is 0 Å². The lowest BCUT2D eigenvalue weighted by Crippen LogP contribution is -2.47. The lowest BCUT2D eigenvalue weighted by Gasteiger charge is -2.31. The first-order valence-electron chi connectivity index (χ1n) is 7.32. The van der Waals surface area contributed by atoms with E-state index in [4.69, 9.17) is 4.74 Å². The van der Waals surface area contributed by atoms with E-state index in [2.05, 4.69) is 0 Å². The molecule has 0 aliphatic carbocycles. The van der Waals surface area contributed by atoms with Crippen LogP contribution in [0.3, 0.4) is 0 Å². The molecule has 0 bridgehead atoms. The second-order valence-corrected chi connectivity index (χ2v) is 5.48. The van der Waals surface area contributed by atoms with Gasteiger partial charge in [0.05, 0.1) is 12.5 Å². The highest BCUT2D eigenvalue weighted by Crippen LogP contribution is 2.21. The van der Waals surface area contributed by atoms with Crippen molar-refractivity contribution in [3.63, 3.8) is 0 Å². The Bertz CT molecular complexity index is 325. The maximum atomic E-state index is 12.3. The summed E-state index contributed by atoms with van der Waals surface area (Å²) in [5, 5.41) is 9.31. The molecule has 2 fully saturated rings. The molecule has 108 valence electrons. The largest absolute Gasteiger partial charge is 0.480 e. The summed E-state index contributed by atoms with van der Waals surface area (Å²) in [5.74, 6) is -0.927. The topological polar surface area (TPSA) is 66.8 Å². The second kappa shape index (κ2) is 6.89. The fourth-order valence-corrected chi connectivity index (χ4v) is 2.96. The maximum Gasteiger partial charge on any atom is 0.326 e. The molecule has 0 aromatic heterocycles. The van der Waals surface area contributed by atoms with Gasteiger partial charge in [0.1, 0.15) is 6.04 Å². The predicted octanol–water partition coefficient (Wildman–Crippen LogP) is 1.80.